The minimum Gasteiger partial charge on any atom is -0.504 e. The number of amides is 1. The maximum absolute atomic E-state index is 11.6. The van der Waals surface area contributed by atoms with Gasteiger partial charge in [-0.25, -0.2) is 5.43 Å². The average molecular weight is 335 g/mol. The number of hydrogen-bond acceptors (Lipinski definition) is 5. The largest absolute Gasteiger partial charge is 0.504 e. The van der Waals surface area contributed by atoms with Gasteiger partial charge >= 0.3 is 0 Å². The van der Waals surface area contributed by atoms with E-state index in [0.29, 0.717) is 22.1 Å². The Labute approximate surface area is 138 Å². The fraction of sp³-hybridized carbons (Fsp3) is 0.125. The summed E-state index contributed by atoms with van der Waals surface area (Å²) in [5.74, 6) is 0.344. The molecule has 0 unspecified atom stereocenters. The SMILES string of the molecule is COc1ccc(C=NNC(=O)COc2ccccc2Cl)cc1O. The molecule has 0 spiro atoms. The normalized spacial score (nSPS) is 10.5. The zero-order valence-electron chi connectivity index (χ0n) is 12.3. The van der Waals surface area contributed by atoms with E-state index in [1.54, 1.807) is 36.4 Å². The molecule has 0 aliphatic rings. The minimum atomic E-state index is -0.432. The van der Waals surface area contributed by atoms with E-state index in [9.17, 15) is 9.90 Å². The molecule has 7 heteroatoms. The fourth-order valence-corrected chi connectivity index (χ4v) is 1.89. The Hall–Kier alpha value is -2.73. The Kier molecular flexibility index (Phi) is 5.82. The van der Waals surface area contributed by atoms with Crippen LogP contribution in [0.2, 0.25) is 5.02 Å². The summed E-state index contributed by atoms with van der Waals surface area (Å²) in [7, 11) is 1.46. The first-order valence-corrected chi connectivity index (χ1v) is 7.04. The number of carbonyl (C=O) groups excluding carboxylic acids is 1. The van der Waals surface area contributed by atoms with Crippen molar-refractivity contribution in [3.63, 3.8) is 0 Å². The standard InChI is InChI=1S/C16H15ClN2O4/c1-22-15-7-6-11(8-13(15)20)9-18-19-16(21)10-23-14-5-3-2-4-12(14)17/h2-9,20H,10H2,1H3,(H,19,21). The quantitative estimate of drug-likeness (QED) is 0.628. The predicted octanol–water partition coefficient (Wildman–Crippen LogP) is 2.58. The van der Waals surface area contributed by atoms with Gasteiger partial charge in [-0.1, -0.05) is 23.7 Å². The van der Waals surface area contributed by atoms with Gasteiger partial charge < -0.3 is 14.6 Å². The molecule has 0 aliphatic heterocycles. The van der Waals surface area contributed by atoms with Crippen molar-refractivity contribution in [1.29, 1.82) is 0 Å². The predicted molar refractivity (Wildman–Crippen MR) is 87.3 cm³/mol. The average Bonchev–Trinajstić information content (AvgIpc) is 2.54. The van der Waals surface area contributed by atoms with Crippen molar-refractivity contribution in [2.45, 2.75) is 0 Å². The number of halogens is 1. The maximum Gasteiger partial charge on any atom is 0.277 e. The number of carbonyl (C=O) groups is 1. The van der Waals surface area contributed by atoms with Crippen LogP contribution in [-0.4, -0.2) is 30.9 Å². The summed E-state index contributed by atoms with van der Waals surface area (Å²) >= 11 is 5.91. The summed E-state index contributed by atoms with van der Waals surface area (Å²) in [6.07, 6.45) is 1.40. The Morgan fingerprint density at radius 2 is 2.09 bits per heavy atom. The van der Waals surface area contributed by atoms with Gasteiger partial charge in [-0.15, -0.1) is 0 Å². The van der Waals surface area contributed by atoms with Gasteiger partial charge in [-0.2, -0.15) is 5.10 Å². The summed E-state index contributed by atoms with van der Waals surface area (Å²) in [5, 5.41) is 13.8. The molecule has 2 N–H and O–H groups in total. The van der Waals surface area contributed by atoms with Crippen molar-refractivity contribution in [3.05, 3.63) is 53.1 Å². The van der Waals surface area contributed by atoms with Crippen LogP contribution in [-0.2, 0) is 4.79 Å². The van der Waals surface area contributed by atoms with Gasteiger partial charge in [0.25, 0.3) is 5.91 Å². The van der Waals surface area contributed by atoms with E-state index in [1.165, 1.54) is 19.4 Å². The summed E-state index contributed by atoms with van der Waals surface area (Å²) in [4.78, 5) is 11.6. The van der Waals surface area contributed by atoms with Crippen LogP contribution in [0.25, 0.3) is 0 Å². The number of nitrogens with zero attached hydrogens (tertiary/aromatic N) is 1. The topological polar surface area (TPSA) is 80.2 Å². The summed E-state index contributed by atoms with van der Waals surface area (Å²) in [6.45, 7) is -0.213. The smallest absolute Gasteiger partial charge is 0.277 e. The van der Waals surface area contributed by atoms with Crippen LogP contribution in [0.3, 0.4) is 0 Å². The third-order valence-electron chi connectivity index (χ3n) is 2.80. The number of hydrogen-bond donors (Lipinski definition) is 2. The van der Waals surface area contributed by atoms with Crippen LogP contribution in [0.15, 0.2) is 47.6 Å². The number of hydrazone groups is 1. The van der Waals surface area contributed by atoms with Crippen LogP contribution >= 0.6 is 11.6 Å². The summed E-state index contributed by atoms with van der Waals surface area (Å²) in [6, 6.07) is 11.6. The van der Waals surface area contributed by atoms with E-state index >= 15 is 0 Å². The molecule has 2 aromatic rings. The number of phenols is 1. The number of para-hydroxylation sites is 1. The Bertz CT molecular complexity index is 719. The first-order valence-electron chi connectivity index (χ1n) is 6.66. The van der Waals surface area contributed by atoms with Gasteiger partial charge in [0, 0.05) is 0 Å². The molecule has 0 atom stereocenters. The van der Waals surface area contributed by atoms with E-state index < -0.39 is 5.91 Å². The molecule has 0 radical (unpaired) electrons. The zero-order chi connectivity index (χ0) is 16.7. The van der Waals surface area contributed by atoms with Crippen molar-refractivity contribution in [3.8, 4) is 17.2 Å². The van der Waals surface area contributed by atoms with E-state index in [2.05, 4.69) is 10.5 Å². The lowest BCUT2D eigenvalue weighted by Gasteiger charge is -2.06. The minimum absolute atomic E-state index is 0.00942. The van der Waals surface area contributed by atoms with Crippen molar-refractivity contribution in [2.75, 3.05) is 13.7 Å². The van der Waals surface area contributed by atoms with Gasteiger partial charge in [-0.3, -0.25) is 4.79 Å². The molecule has 0 aliphatic carbocycles. The van der Waals surface area contributed by atoms with Crippen molar-refractivity contribution >= 4 is 23.7 Å². The van der Waals surface area contributed by atoms with Crippen LogP contribution in [0.5, 0.6) is 17.2 Å². The zero-order valence-corrected chi connectivity index (χ0v) is 13.1. The molecule has 2 rings (SSSR count). The van der Waals surface area contributed by atoms with Crippen LogP contribution in [0.1, 0.15) is 5.56 Å². The third kappa shape index (κ3) is 4.89. The Morgan fingerprint density at radius 3 is 2.78 bits per heavy atom. The van der Waals surface area contributed by atoms with Crippen molar-refractivity contribution < 1.29 is 19.4 Å². The maximum atomic E-state index is 11.6. The molecule has 1 amide bonds. The number of aromatic hydroxyl groups is 1. The van der Waals surface area contributed by atoms with Gasteiger partial charge in [-0.05, 0) is 35.9 Å². The highest BCUT2D eigenvalue weighted by molar-refractivity contribution is 6.32. The molecule has 0 aromatic heterocycles. The van der Waals surface area contributed by atoms with Gasteiger partial charge in [0.15, 0.2) is 18.1 Å². The summed E-state index contributed by atoms with van der Waals surface area (Å²) in [5.41, 5.74) is 2.93. The molecule has 6 nitrogen and oxygen atoms in total. The second-order valence-electron chi connectivity index (χ2n) is 4.44. The van der Waals surface area contributed by atoms with Crippen LogP contribution < -0.4 is 14.9 Å². The lowest BCUT2D eigenvalue weighted by Crippen LogP contribution is -2.24. The fourth-order valence-electron chi connectivity index (χ4n) is 1.70. The molecule has 0 heterocycles. The number of phenolic OH excluding ortho intramolecular Hbond substituents is 1. The number of nitrogens with one attached hydrogen (secondary N) is 1. The number of methoxy groups -OCH3 is 1. The van der Waals surface area contributed by atoms with Crippen LogP contribution in [0, 0.1) is 0 Å². The molecular weight excluding hydrogens is 320 g/mol. The van der Waals surface area contributed by atoms with Crippen molar-refractivity contribution in [1.82, 2.24) is 5.43 Å². The number of rotatable bonds is 6. The molecule has 0 bridgehead atoms. The lowest BCUT2D eigenvalue weighted by molar-refractivity contribution is -0.123. The molecule has 0 saturated heterocycles. The highest BCUT2D eigenvalue weighted by atomic mass is 35.5. The van der Waals surface area contributed by atoms with Crippen molar-refractivity contribution in [2.24, 2.45) is 5.10 Å². The van der Waals surface area contributed by atoms with E-state index in [-0.39, 0.29) is 12.4 Å². The second-order valence-corrected chi connectivity index (χ2v) is 4.85. The third-order valence-corrected chi connectivity index (χ3v) is 3.11. The van der Waals surface area contributed by atoms with Crippen LogP contribution in [0.4, 0.5) is 0 Å². The molecule has 120 valence electrons. The second kappa shape index (κ2) is 8.05. The first kappa shape index (κ1) is 16.6. The van der Waals surface area contributed by atoms with Gasteiger partial charge in [0.2, 0.25) is 0 Å². The monoisotopic (exact) mass is 334 g/mol. The number of ether oxygens (including phenoxy) is 2. The Morgan fingerprint density at radius 1 is 1.30 bits per heavy atom. The van der Waals surface area contributed by atoms with E-state index in [1.807, 2.05) is 0 Å². The van der Waals surface area contributed by atoms with Gasteiger partial charge in [0.05, 0.1) is 18.3 Å². The molecule has 0 fully saturated rings. The molecule has 2 aromatic carbocycles. The van der Waals surface area contributed by atoms with E-state index in [4.69, 9.17) is 21.1 Å². The Balaban J connectivity index is 1.84. The lowest BCUT2D eigenvalue weighted by atomic mass is 10.2. The number of benzene rings is 2. The molecular formula is C16H15ClN2O4. The van der Waals surface area contributed by atoms with Gasteiger partial charge in [0.1, 0.15) is 5.75 Å². The molecule has 0 saturated carbocycles. The first-order chi connectivity index (χ1) is 11.1. The van der Waals surface area contributed by atoms with E-state index in [0.717, 1.165) is 0 Å². The summed E-state index contributed by atoms with van der Waals surface area (Å²) < 4.78 is 10.2. The highest BCUT2D eigenvalue weighted by Gasteiger charge is 2.04. The molecule has 23 heavy (non-hydrogen) atoms. The highest BCUT2D eigenvalue weighted by Crippen LogP contribution is 2.25.